The number of esters is 1. The van der Waals surface area contributed by atoms with Gasteiger partial charge in [0.05, 0.1) is 6.54 Å². The van der Waals surface area contributed by atoms with Gasteiger partial charge in [-0.2, -0.15) is 0 Å². The van der Waals surface area contributed by atoms with Crippen LogP contribution in [0.3, 0.4) is 0 Å². The Balaban J connectivity index is 1.72. The predicted octanol–water partition coefficient (Wildman–Crippen LogP) is 2.90. The van der Waals surface area contributed by atoms with Crippen molar-refractivity contribution < 1.29 is 14.3 Å². The summed E-state index contributed by atoms with van der Waals surface area (Å²) in [6.45, 7) is 5.42. The minimum atomic E-state index is -0.798. The lowest BCUT2D eigenvalue weighted by atomic mass is 10.0. The number of aromatic nitrogens is 2. The molecule has 0 saturated heterocycles. The highest BCUT2D eigenvalue weighted by Crippen LogP contribution is 2.18. The number of nitrogens with two attached hydrogens (primary N) is 1. The molecule has 1 heterocycles. The molecule has 1 aromatic heterocycles. The molecule has 0 aliphatic rings. The van der Waals surface area contributed by atoms with Gasteiger partial charge in [-0.3, -0.25) is 19.1 Å². The lowest BCUT2D eigenvalue weighted by Gasteiger charge is -2.23. The highest BCUT2D eigenvalue weighted by atomic mass is 16.5. The Morgan fingerprint density at radius 2 is 1.75 bits per heavy atom. The maximum Gasteiger partial charge on any atom is 0.331 e. The van der Waals surface area contributed by atoms with Gasteiger partial charge in [-0.25, -0.2) is 9.59 Å². The third-order valence-corrected chi connectivity index (χ3v) is 5.64. The van der Waals surface area contributed by atoms with E-state index in [0.29, 0.717) is 5.92 Å². The molecule has 2 aromatic carbocycles. The summed E-state index contributed by atoms with van der Waals surface area (Å²) in [6.07, 6.45) is 2.83. The van der Waals surface area contributed by atoms with Crippen LogP contribution in [0.25, 0.3) is 6.08 Å². The molecule has 1 amide bonds. The quantitative estimate of drug-likeness (QED) is 0.351. The first-order chi connectivity index (χ1) is 17.2. The van der Waals surface area contributed by atoms with Crippen LogP contribution in [0.2, 0.25) is 0 Å². The molecule has 0 bridgehead atoms. The Bertz CT molecular complexity index is 1360. The van der Waals surface area contributed by atoms with Crippen molar-refractivity contribution in [3.8, 4) is 0 Å². The third kappa shape index (κ3) is 6.38. The number of nitrogens with one attached hydrogen (secondary N) is 1. The molecular weight excluding hydrogens is 460 g/mol. The molecule has 0 radical (unpaired) electrons. The van der Waals surface area contributed by atoms with Crippen molar-refractivity contribution in [3.63, 3.8) is 0 Å². The summed E-state index contributed by atoms with van der Waals surface area (Å²) in [7, 11) is 0. The Morgan fingerprint density at radius 1 is 1.08 bits per heavy atom. The molecule has 188 valence electrons. The topological polar surface area (TPSA) is 127 Å². The van der Waals surface area contributed by atoms with Crippen molar-refractivity contribution in [2.45, 2.75) is 33.2 Å². The Labute approximate surface area is 208 Å². The van der Waals surface area contributed by atoms with Crippen LogP contribution in [-0.4, -0.2) is 34.6 Å². The van der Waals surface area contributed by atoms with E-state index in [1.54, 1.807) is 13.0 Å². The van der Waals surface area contributed by atoms with Crippen molar-refractivity contribution in [1.82, 2.24) is 9.55 Å². The normalized spacial score (nSPS) is 11.1. The average Bonchev–Trinajstić information content (AvgIpc) is 2.87. The number of amides is 1. The summed E-state index contributed by atoms with van der Waals surface area (Å²) in [5.74, 6) is -1.11. The summed E-state index contributed by atoms with van der Waals surface area (Å²) < 4.78 is 6.26. The van der Waals surface area contributed by atoms with Gasteiger partial charge in [0, 0.05) is 12.6 Å². The molecule has 0 saturated carbocycles. The van der Waals surface area contributed by atoms with Crippen LogP contribution in [0.5, 0.6) is 0 Å². The van der Waals surface area contributed by atoms with Gasteiger partial charge in [-0.15, -0.1) is 0 Å². The largest absolute Gasteiger partial charge is 0.452 e. The number of likely N-dealkylation sites (N-methyl/N-ethyl adjacent to an activating group) is 1. The van der Waals surface area contributed by atoms with E-state index < -0.39 is 29.7 Å². The average molecular weight is 491 g/mol. The molecule has 0 unspecified atom stereocenters. The number of anilines is 2. The molecular formula is C27H30N4O5. The lowest BCUT2D eigenvalue weighted by Crippen LogP contribution is -2.42. The van der Waals surface area contributed by atoms with Gasteiger partial charge in [-0.05, 0) is 35.6 Å². The first-order valence-electron chi connectivity index (χ1n) is 11.6. The van der Waals surface area contributed by atoms with E-state index in [4.69, 9.17) is 10.5 Å². The summed E-state index contributed by atoms with van der Waals surface area (Å²) in [4.78, 5) is 53.3. The minimum Gasteiger partial charge on any atom is -0.452 e. The Kier molecular flexibility index (Phi) is 8.61. The molecule has 0 atom stereocenters. The maximum absolute atomic E-state index is 12.8. The SMILES string of the molecule is CCN(C(=O)COC(=O)/C=C/c1ccc(C(C)C)cc1)c1c(N)n(Cc2ccccc2)c(=O)[nH]c1=O. The zero-order chi connectivity index (χ0) is 26.2. The number of rotatable bonds is 9. The van der Waals surface area contributed by atoms with Gasteiger partial charge in [0.25, 0.3) is 11.5 Å². The second-order valence-corrected chi connectivity index (χ2v) is 8.47. The predicted molar refractivity (Wildman–Crippen MR) is 140 cm³/mol. The lowest BCUT2D eigenvalue weighted by molar-refractivity contribution is -0.142. The first kappa shape index (κ1) is 26.2. The number of carbonyl (C=O) groups excluding carboxylic acids is 2. The summed E-state index contributed by atoms with van der Waals surface area (Å²) in [6, 6.07) is 16.8. The van der Waals surface area contributed by atoms with Crippen LogP contribution < -0.4 is 21.9 Å². The zero-order valence-corrected chi connectivity index (χ0v) is 20.6. The highest BCUT2D eigenvalue weighted by Gasteiger charge is 2.23. The van der Waals surface area contributed by atoms with Gasteiger partial charge in [0.2, 0.25) is 0 Å². The molecule has 9 heteroatoms. The van der Waals surface area contributed by atoms with Crippen LogP contribution in [0.1, 0.15) is 43.4 Å². The van der Waals surface area contributed by atoms with E-state index in [-0.39, 0.29) is 24.6 Å². The third-order valence-electron chi connectivity index (χ3n) is 5.64. The molecule has 3 aromatic rings. The number of hydrogen-bond donors (Lipinski definition) is 2. The number of nitrogen functional groups attached to an aromatic ring is 1. The van der Waals surface area contributed by atoms with E-state index in [2.05, 4.69) is 18.8 Å². The minimum absolute atomic E-state index is 0.0746. The number of hydrogen-bond acceptors (Lipinski definition) is 6. The molecule has 3 N–H and O–H groups in total. The Morgan fingerprint density at radius 3 is 2.36 bits per heavy atom. The number of H-pyrrole nitrogens is 1. The summed E-state index contributed by atoms with van der Waals surface area (Å²) in [5.41, 5.74) is 7.31. The smallest absolute Gasteiger partial charge is 0.331 e. The van der Waals surface area contributed by atoms with Gasteiger partial charge in [0.15, 0.2) is 12.3 Å². The van der Waals surface area contributed by atoms with E-state index in [1.165, 1.54) is 16.2 Å². The number of ether oxygens (including phenoxy) is 1. The van der Waals surface area contributed by atoms with Crippen LogP contribution >= 0.6 is 0 Å². The molecule has 0 aliphatic carbocycles. The first-order valence-corrected chi connectivity index (χ1v) is 11.6. The fourth-order valence-electron chi connectivity index (χ4n) is 3.64. The molecule has 3 rings (SSSR count). The van der Waals surface area contributed by atoms with Crippen molar-refractivity contribution in [2.24, 2.45) is 0 Å². The van der Waals surface area contributed by atoms with Crippen LogP contribution in [0, 0.1) is 0 Å². The maximum atomic E-state index is 12.8. The number of nitrogens with zero attached hydrogens (tertiary/aromatic N) is 2. The van der Waals surface area contributed by atoms with E-state index >= 15 is 0 Å². The fraction of sp³-hybridized carbons (Fsp3) is 0.259. The highest BCUT2D eigenvalue weighted by molar-refractivity contribution is 5.98. The van der Waals surface area contributed by atoms with Crippen LogP contribution in [-0.2, 0) is 20.9 Å². The number of carbonyl (C=O) groups is 2. The zero-order valence-electron chi connectivity index (χ0n) is 20.6. The number of aromatic amines is 1. The summed E-state index contributed by atoms with van der Waals surface area (Å²) in [5, 5.41) is 0. The van der Waals surface area contributed by atoms with Gasteiger partial charge >= 0.3 is 11.7 Å². The van der Waals surface area contributed by atoms with Gasteiger partial charge in [-0.1, -0.05) is 68.4 Å². The monoisotopic (exact) mass is 490 g/mol. The van der Waals surface area contributed by atoms with Crippen molar-refractivity contribution in [2.75, 3.05) is 23.8 Å². The summed E-state index contributed by atoms with van der Waals surface area (Å²) >= 11 is 0. The van der Waals surface area contributed by atoms with Crippen LogP contribution in [0.15, 0.2) is 70.3 Å². The molecule has 0 fully saturated rings. The van der Waals surface area contributed by atoms with Crippen LogP contribution in [0.4, 0.5) is 11.5 Å². The standard InChI is InChI=1S/C27H30N4O5/c1-4-30(22(32)17-36-23(33)15-12-19-10-13-21(14-11-19)18(2)3)24-25(28)31(27(35)29-26(24)34)16-20-8-6-5-7-9-20/h5-15,18H,4,16-17,28H2,1-3H3,(H,29,34,35)/b15-12+. The molecule has 0 spiro atoms. The fourth-order valence-corrected chi connectivity index (χ4v) is 3.64. The second-order valence-electron chi connectivity index (χ2n) is 8.47. The Hall–Kier alpha value is -4.40. The molecule has 0 aliphatic heterocycles. The van der Waals surface area contributed by atoms with E-state index in [9.17, 15) is 19.2 Å². The van der Waals surface area contributed by atoms with E-state index in [1.807, 2.05) is 54.6 Å². The van der Waals surface area contributed by atoms with Gasteiger partial charge < -0.3 is 15.4 Å². The number of benzene rings is 2. The van der Waals surface area contributed by atoms with Crippen molar-refractivity contribution >= 4 is 29.5 Å². The van der Waals surface area contributed by atoms with Gasteiger partial charge in [0.1, 0.15) is 5.82 Å². The van der Waals surface area contributed by atoms with E-state index in [0.717, 1.165) is 16.0 Å². The molecule has 36 heavy (non-hydrogen) atoms. The van der Waals surface area contributed by atoms with Crippen molar-refractivity contribution in [3.05, 3.63) is 98.2 Å². The molecule has 9 nitrogen and oxygen atoms in total. The second kappa shape index (κ2) is 11.8. The van der Waals surface area contributed by atoms with Crippen molar-refractivity contribution in [1.29, 1.82) is 0 Å².